The van der Waals surface area contributed by atoms with Crippen LogP contribution in [0.15, 0.2) is 60.9 Å². The molecule has 7 rings (SSSR count). The molecule has 0 aliphatic heterocycles. The number of aliphatic carboxylic acids is 1. The molecule has 0 spiro atoms. The quantitative estimate of drug-likeness (QED) is 0.0797. The van der Waals surface area contributed by atoms with Gasteiger partial charge in [0.25, 0.3) is 11.8 Å². The normalized spacial score (nSPS) is 16.4. The van der Waals surface area contributed by atoms with Crippen LogP contribution in [0.3, 0.4) is 0 Å². The van der Waals surface area contributed by atoms with Crippen molar-refractivity contribution >= 4 is 29.2 Å². The molecule has 53 heavy (non-hydrogen) atoms. The zero-order valence-electron chi connectivity index (χ0n) is 30.4. The van der Waals surface area contributed by atoms with Gasteiger partial charge in [-0.05, 0) is 133 Å². The number of nitrogens with zero attached hydrogens (tertiary/aromatic N) is 2. The van der Waals surface area contributed by atoms with Gasteiger partial charge in [0.15, 0.2) is 0 Å². The van der Waals surface area contributed by atoms with Gasteiger partial charge in [0, 0.05) is 42.9 Å². The third-order valence-electron chi connectivity index (χ3n) is 11.0. The summed E-state index contributed by atoms with van der Waals surface area (Å²) in [5.74, 6) is -0.929. The third-order valence-corrected chi connectivity index (χ3v) is 11.0. The maximum atomic E-state index is 13.6. The van der Waals surface area contributed by atoms with E-state index >= 15 is 0 Å². The number of hydrogen-bond acceptors (Lipinski definition) is 8. The smallest absolute Gasteiger partial charge is 0.323 e. The maximum absolute atomic E-state index is 13.6. The van der Waals surface area contributed by atoms with Crippen molar-refractivity contribution < 1.29 is 24.6 Å². The molecule has 6 N–H and O–H groups in total. The van der Waals surface area contributed by atoms with Gasteiger partial charge in [0.2, 0.25) is 0 Å². The fraction of sp³-hybridized carbons (Fsp3) is 0.405. The van der Waals surface area contributed by atoms with E-state index in [1.165, 1.54) is 36.8 Å². The fourth-order valence-electron chi connectivity index (χ4n) is 7.44. The number of anilines is 2. The molecular weight excluding hydrogens is 668 g/mol. The molecule has 2 heterocycles. The topological polar surface area (TPSA) is 166 Å². The Bertz CT molecular complexity index is 2020. The van der Waals surface area contributed by atoms with Crippen molar-refractivity contribution in [2.45, 2.75) is 102 Å². The van der Waals surface area contributed by atoms with Crippen LogP contribution >= 0.6 is 0 Å². The molecule has 11 nitrogen and oxygen atoms in total. The molecule has 2 aromatic heterocycles. The van der Waals surface area contributed by atoms with Gasteiger partial charge in [-0.15, -0.1) is 0 Å². The van der Waals surface area contributed by atoms with E-state index in [9.17, 15) is 24.6 Å². The van der Waals surface area contributed by atoms with Gasteiger partial charge in [-0.25, -0.2) is 0 Å². The highest BCUT2D eigenvalue weighted by Crippen LogP contribution is 2.43. The van der Waals surface area contributed by atoms with Gasteiger partial charge in [0.1, 0.15) is 17.4 Å². The molecule has 1 atom stereocenters. The number of amides is 2. The lowest BCUT2D eigenvalue weighted by Crippen LogP contribution is -2.39. The Hall–Kier alpha value is -4.97. The van der Waals surface area contributed by atoms with E-state index in [1.807, 2.05) is 62.5 Å². The van der Waals surface area contributed by atoms with Crippen molar-refractivity contribution in [2.75, 3.05) is 17.2 Å². The number of aliphatic hydroxyl groups excluding tert-OH is 1. The lowest BCUT2D eigenvalue weighted by molar-refractivity contribution is -0.140. The van der Waals surface area contributed by atoms with E-state index in [0.717, 1.165) is 65.6 Å². The molecule has 2 aromatic carbocycles. The Labute approximate surface area is 310 Å². The van der Waals surface area contributed by atoms with Crippen LogP contribution in [0.25, 0.3) is 11.1 Å². The molecule has 3 saturated carbocycles. The first-order valence-corrected chi connectivity index (χ1v) is 18.8. The van der Waals surface area contributed by atoms with Crippen molar-refractivity contribution in [3.63, 3.8) is 0 Å². The molecule has 0 bridgehead atoms. The average molecular weight is 717 g/mol. The number of pyridine rings is 2. The van der Waals surface area contributed by atoms with E-state index in [2.05, 4.69) is 31.2 Å². The van der Waals surface area contributed by atoms with Crippen LogP contribution < -0.4 is 21.3 Å². The SMILES string of the molecule is Cc1c(NC(=O)c2cc(C3CC3)c(CNC3CCCC3)cn2)cccc1-c1cccc(NC(=O)c2cc(C3CC3)c(CN[C@H](CO)C(=O)O)cn2)c1C. The number of benzene rings is 2. The minimum absolute atomic E-state index is 0.223. The van der Waals surface area contributed by atoms with Gasteiger partial charge in [-0.2, -0.15) is 0 Å². The number of carboxylic acids is 1. The van der Waals surface area contributed by atoms with Gasteiger partial charge >= 0.3 is 5.97 Å². The zero-order chi connectivity index (χ0) is 37.1. The minimum atomic E-state index is -1.13. The van der Waals surface area contributed by atoms with Crippen molar-refractivity contribution in [3.8, 4) is 11.1 Å². The number of rotatable bonds is 15. The highest BCUT2D eigenvalue weighted by Gasteiger charge is 2.29. The maximum Gasteiger partial charge on any atom is 0.323 e. The summed E-state index contributed by atoms with van der Waals surface area (Å²) in [6, 6.07) is 14.8. The number of carboxylic acid groups (broad SMARTS) is 1. The Kier molecular flexibility index (Phi) is 11.0. The molecule has 2 amide bonds. The van der Waals surface area contributed by atoms with Gasteiger partial charge in [0.05, 0.1) is 6.61 Å². The molecule has 3 fully saturated rings. The van der Waals surface area contributed by atoms with Crippen molar-refractivity contribution in [3.05, 3.63) is 106 Å². The molecule has 3 aliphatic rings. The van der Waals surface area contributed by atoms with Crippen LogP contribution in [0, 0.1) is 13.8 Å². The van der Waals surface area contributed by atoms with Crippen LogP contribution in [0.5, 0.6) is 0 Å². The summed E-state index contributed by atoms with van der Waals surface area (Å²) in [6.07, 6.45) is 12.8. The first-order valence-electron chi connectivity index (χ1n) is 18.8. The first kappa shape index (κ1) is 36.4. The molecule has 0 saturated heterocycles. The van der Waals surface area contributed by atoms with E-state index in [4.69, 9.17) is 0 Å². The Morgan fingerprint density at radius 2 is 1.23 bits per heavy atom. The largest absolute Gasteiger partial charge is 0.480 e. The van der Waals surface area contributed by atoms with Crippen LogP contribution in [0.1, 0.15) is 118 Å². The summed E-state index contributed by atoms with van der Waals surface area (Å²) in [5, 5.41) is 31.4. The predicted octanol–water partition coefficient (Wildman–Crippen LogP) is 6.59. The number of aromatic nitrogens is 2. The number of carbonyl (C=O) groups is 3. The summed E-state index contributed by atoms with van der Waals surface area (Å²) in [5.41, 5.74) is 9.86. The first-order chi connectivity index (χ1) is 25.7. The van der Waals surface area contributed by atoms with Gasteiger partial charge < -0.3 is 26.2 Å². The Balaban J connectivity index is 1.05. The van der Waals surface area contributed by atoms with Crippen LogP contribution in [0.4, 0.5) is 11.4 Å². The van der Waals surface area contributed by atoms with Crippen LogP contribution in [-0.2, 0) is 17.9 Å². The fourth-order valence-corrected chi connectivity index (χ4v) is 7.44. The van der Waals surface area contributed by atoms with E-state index in [1.54, 1.807) is 12.3 Å². The molecule has 3 aliphatic carbocycles. The second-order valence-electron chi connectivity index (χ2n) is 14.8. The molecule has 276 valence electrons. The van der Waals surface area contributed by atoms with Crippen molar-refractivity contribution in [2.24, 2.45) is 0 Å². The lowest BCUT2D eigenvalue weighted by atomic mass is 9.94. The number of carbonyl (C=O) groups excluding carboxylic acids is 2. The number of aliphatic hydroxyl groups is 1. The Morgan fingerprint density at radius 1 is 0.736 bits per heavy atom. The van der Waals surface area contributed by atoms with Gasteiger partial charge in [-0.3, -0.25) is 29.7 Å². The van der Waals surface area contributed by atoms with E-state index in [0.29, 0.717) is 34.9 Å². The molecule has 0 radical (unpaired) electrons. The van der Waals surface area contributed by atoms with E-state index in [-0.39, 0.29) is 24.1 Å². The average Bonchev–Trinajstić information content (AvgIpc) is 4.11. The monoisotopic (exact) mass is 716 g/mol. The second kappa shape index (κ2) is 16.0. The molecule has 11 heteroatoms. The summed E-state index contributed by atoms with van der Waals surface area (Å²) in [7, 11) is 0. The van der Waals surface area contributed by atoms with Crippen molar-refractivity contribution in [1.29, 1.82) is 0 Å². The van der Waals surface area contributed by atoms with E-state index < -0.39 is 18.6 Å². The summed E-state index contributed by atoms with van der Waals surface area (Å²) in [6.45, 7) is 4.43. The predicted molar refractivity (Wildman–Crippen MR) is 204 cm³/mol. The summed E-state index contributed by atoms with van der Waals surface area (Å²) >= 11 is 0. The van der Waals surface area contributed by atoms with Gasteiger partial charge in [-0.1, -0.05) is 37.1 Å². The highest BCUT2D eigenvalue weighted by atomic mass is 16.4. The zero-order valence-corrected chi connectivity index (χ0v) is 30.4. The second-order valence-corrected chi connectivity index (χ2v) is 14.8. The highest BCUT2D eigenvalue weighted by molar-refractivity contribution is 6.05. The van der Waals surface area contributed by atoms with Crippen molar-refractivity contribution in [1.82, 2.24) is 20.6 Å². The molecule has 4 aromatic rings. The lowest BCUT2D eigenvalue weighted by Gasteiger charge is -2.18. The summed E-state index contributed by atoms with van der Waals surface area (Å²) in [4.78, 5) is 47.5. The number of nitrogens with one attached hydrogen (secondary N) is 4. The summed E-state index contributed by atoms with van der Waals surface area (Å²) < 4.78 is 0. The Morgan fingerprint density at radius 3 is 1.68 bits per heavy atom. The standard InChI is InChI=1S/C42H48N6O5/c1-24-31(9-5-11-35(24)47-40(50)37-17-33(26-13-14-26)28(20-44-37)19-43-30-7-3-4-8-30)32-10-6-12-36(25(32)2)48-41(51)38-18-34(27-15-16-27)29(21-45-38)22-46-39(23-49)42(52)53/h5-6,9-12,17-18,20-21,26-27,30,39,43,46,49H,3-4,7-8,13-16,19,22-23H2,1-2H3,(H,47,50)(H,48,51)(H,52,53)/t39-/m1/s1. The number of hydrogen-bond donors (Lipinski definition) is 6. The molecular formula is C42H48N6O5. The third kappa shape index (κ3) is 8.48. The minimum Gasteiger partial charge on any atom is -0.480 e. The van der Waals surface area contributed by atoms with Crippen LogP contribution in [0.2, 0.25) is 0 Å². The molecule has 0 unspecified atom stereocenters. The van der Waals surface area contributed by atoms with Crippen LogP contribution in [-0.4, -0.2) is 56.7 Å².